The SMILES string of the molecule is CCCCOCCCNC(=NC)NCc1c(CC)noc1CC. The first kappa shape index (κ1) is 19.5. The van der Waals surface area contributed by atoms with Crippen LogP contribution in [0.2, 0.25) is 0 Å². The number of ether oxygens (including phenoxy) is 1. The molecule has 1 aromatic rings. The van der Waals surface area contributed by atoms with Crippen molar-refractivity contribution in [3.8, 4) is 0 Å². The first-order chi connectivity index (χ1) is 11.3. The lowest BCUT2D eigenvalue weighted by Gasteiger charge is -2.12. The molecule has 0 amide bonds. The molecule has 0 unspecified atom stereocenters. The van der Waals surface area contributed by atoms with E-state index >= 15 is 0 Å². The van der Waals surface area contributed by atoms with Gasteiger partial charge in [-0.05, 0) is 19.3 Å². The summed E-state index contributed by atoms with van der Waals surface area (Å²) in [6, 6.07) is 0. The van der Waals surface area contributed by atoms with E-state index in [9.17, 15) is 0 Å². The fraction of sp³-hybridized carbons (Fsp3) is 0.765. The van der Waals surface area contributed by atoms with E-state index in [-0.39, 0.29) is 0 Å². The van der Waals surface area contributed by atoms with Gasteiger partial charge >= 0.3 is 0 Å². The average Bonchev–Trinajstić information content (AvgIpc) is 2.98. The van der Waals surface area contributed by atoms with Crippen LogP contribution in [0.25, 0.3) is 0 Å². The highest BCUT2D eigenvalue weighted by Crippen LogP contribution is 2.15. The van der Waals surface area contributed by atoms with E-state index in [0.29, 0.717) is 6.54 Å². The number of hydrogen-bond acceptors (Lipinski definition) is 4. The molecule has 0 bridgehead atoms. The van der Waals surface area contributed by atoms with Crippen molar-refractivity contribution < 1.29 is 9.26 Å². The van der Waals surface area contributed by atoms with E-state index in [1.807, 2.05) is 0 Å². The van der Waals surface area contributed by atoms with E-state index in [1.165, 1.54) is 6.42 Å². The molecule has 0 aliphatic carbocycles. The maximum absolute atomic E-state index is 5.55. The molecule has 1 heterocycles. The van der Waals surface area contributed by atoms with Crippen molar-refractivity contribution in [1.82, 2.24) is 15.8 Å². The topological polar surface area (TPSA) is 71.7 Å². The molecule has 0 radical (unpaired) electrons. The standard InChI is InChI=1S/C17H32N4O2/c1-5-8-11-22-12-9-10-19-17(18-4)20-13-14-15(6-2)21-23-16(14)7-3/h5-13H2,1-4H3,(H2,18,19,20). The Morgan fingerprint density at radius 2 is 1.91 bits per heavy atom. The van der Waals surface area contributed by atoms with Crippen molar-refractivity contribution in [2.45, 2.75) is 59.4 Å². The fourth-order valence-corrected chi connectivity index (χ4v) is 2.26. The summed E-state index contributed by atoms with van der Waals surface area (Å²) < 4.78 is 10.9. The maximum atomic E-state index is 5.55. The van der Waals surface area contributed by atoms with Crippen LogP contribution in [0, 0.1) is 0 Å². The van der Waals surface area contributed by atoms with Crippen LogP contribution in [0.15, 0.2) is 9.52 Å². The number of guanidine groups is 1. The molecule has 0 aliphatic rings. The van der Waals surface area contributed by atoms with Gasteiger partial charge in [-0.25, -0.2) is 0 Å². The number of aryl methyl sites for hydroxylation is 2. The molecule has 132 valence electrons. The van der Waals surface area contributed by atoms with Gasteiger partial charge in [0.25, 0.3) is 0 Å². The van der Waals surface area contributed by atoms with E-state index < -0.39 is 0 Å². The number of hydrogen-bond donors (Lipinski definition) is 2. The predicted molar refractivity (Wildman–Crippen MR) is 93.8 cm³/mol. The second-order valence-electron chi connectivity index (χ2n) is 5.41. The highest BCUT2D eigenvalue weighted by Gasteiger charge is 2.13. The van der Waals surface area contributed by atoms with Gasteiger partial charge < -0.3 is 19.9 Å². The summed E-state index contributed by atoms with van der Waals surface area (Å²) in [6.07, 6.45) is 5.01. The Morgan fingerprint density at radius 1 is 1.13 bits per heavy atom. The minimum atomic E-state index is 0.683. The molecule has 0 spiro atoms. The first-order valence-corrected chi connectivity index (χ1v) is 8.75. The smallest absolute Gasteiger partial charge is 0.191 e. The zero-order valence-corrected chi connectivity index (χ0v) is 15.1. The van der Waals surface area contributed by atoms with Gasteiger partial charge in [0.15, 0.2) is 5.96 Å². The van der Waals surface area contributed by atoms with Gasteiger partial charge in [-0.3, -0.25) is 4.99 Å². The van der Waals surface area contributed by atoms with Crippen LogP contribution in [0.1, 0.15) is 57.1 Å². The molecule has 0 aromatic carbocycles. The van der Waals surface area contributed by atoms with Gasteiger partial charge in [-0.2, -0.15) is 0 Å². The zero-order chi connectivity index (χ0) is 16.9. The van der Waals surface area contributed by atoms with Crippen LogP contribution >= 0.6 is 0 Å². The summed E-state index contributed by atoms with van der Waals surface area (Å²) in [5.74, 6) is 1.75. The summed E-state index contributed by atoms with van der Waals surface area (Å²) in [5.41, 5.74) is 2.18. The van der Waals surface area contributed by atoms with Gasteiger partial charge in [0.2, 0.25) is 0 Å². The van der Waals surface area contributed by atoms with Crippen LogP contribution < -0.4 is 10.6 Å². The fourth-order valence-electron chi connectivity index (χ4n) is 2.26. The monoisotopic (exact) mass is 324 g/mol. The van der Waals surface area contributed by atoms with Crippen molar-refractivity contribution in [1.29, 1.82) is 0 Å². The van der Waals surface area contributed by atoms with Crippen LogP contribution in [0.4, 0.5) is 0 Å². The van der Waals surface area contributed by atoms with Crippen molar-refractivity contribution in [3.63, 3.8) is 0 Å². The zero-order valence-electron chi connectivity index (χ0n) is 15.1. The molecule has 1 aromatic heterocycles. The van der Waals surface area contributed by atoms with E-state index in [4.69, 9.17) is 9.26 Å². The van der Waals surface area contributed by atoms with Crippen LogP contribution in [0.5, 0.6) is 0 Å². The van der Waals surface area contributed by atoms with Crippen molar-refractivity contribution in [2.24, 2.45) is 4.99 Å². The van der Waals surface area contributed by atoms with E-state index in [0.717, 1.165) is 68.4 Å². The van der Waals surface area contributed by atoms with Crippen LogP contribution in [0.3, 0.4) is 0 Å². The van der Waals surface area contributed by atoms with Gasteiger partial charge in [0.05, 0.1) is 5.69 Å². The largest absolute Gasteiger partial charge is 0.381 e. The molecule has 2 N–H and O–H groups in total. The molecule has 6 nitrogen and oxygen atoms in total. The highest BCUT2D eigenvalue weighted by molar-refractivity contribution is 5.79. The molecule has 1 rings (SSSR count). The first-order valence-electron chi connectivity index (χ1n) is 8.75. The van der Waals surface area contributed by atoms with Gasteiger partial charge in [0.1, 0.15) is 5.76 Å². The van der Waals surface area contributed by atoms with E-state index in [1.54, 1.807) is 7.05 Å². The number of rotatable bonds is 11. The Morgan fingerprint density at radius 3 is 2.57 bits per heavy atom. The lowest BCUT2D eigenvalue weighted by Crippen LogP contribution is -2.37. The predicted octanol–water partition coefficient (Wildman–Crippen LogP) is 2.67. The molecule has 23 heavy (non-hydrogen) atoms. The Kier molecular flexibility index (Phi) is 10.1. The molecular weight excluding hydrogens is 292 g/mol. The Bertz CT molecular complexity index is 436. The van der Waals surface area contributed by atoms with E-state index in [2.05, 4.69) is 41.6 Å². The van der Waals surface area contributed by atoms with Crippen molar-refractivity contribution in [2.75, 3.05) is 26.8 Å². The summed E-state index contributed by atoms with van der Waals surface area (Å²) in [7, 11) is 1.78. The average molecular weight is 324 g/mol. The van der Waals surface area contributed by atoms with Gasteiger partial charge in [-0.15, -0.1) is 0 Å². The Balaban J connectivity index is 2.30. The second kappa shape index (κ2) is 11.9. The molecule has 0 saturated carbocycles. The lowest BCUT2D eigenvalue weighted by molar-refractivity contribution is 0.129. The summed E-state index contributed by atoms with van der Waals surface area (Å²) >= 11 is 0. The Hall–Kier alpha value is -1.56. The molecular formula is C17H32N4O2. The third-order valence-corrected chi connectivity index (χ3v) is 3.66. The maximum Gasteiger partial charge on any atom is 0.191 e. The third kappa shape index (κ3) is 7.03. The molecule has 0 saturated heterocycles. The number of nitrogens with one attached hydrogen (secondary N) is 2. The third-order valence-electron chi connectivity index (χ3n) is 3.66. The van der Waals surface area contributed by atoms with Crippen molar-refractivity contribution >= 4 is 5.96 Å². The summed E-state index contributed by atoms with van der Waals surface area (Å²) in [4.78, 5) is 4.25. The normalized spacial score (nSPS) is 11.7. The summed E-state index contributed by atoms with van der Waals surface area (Å²) in [5, 5.41) is 10.8. The number of aliphatic imine (C=N–C) groups is 1. The lowest BCUT2D eigenvalue weighted by atomic mass is 10.1. The van der Waals surface area contributed by atoms with Gasteiger partial charge in [0, 0.05) is 45.3 Å². The second-order valence-corrected chi connectivity index (χ2v) is 5.41. The van der Waals surface area contributed by atoms with Crippen molar-refractivity contribution in [3.05, 3.63) is 17.0 Å². The Labute approximate surface area is 140 Å². The quantitative estimate of drug-likeness (QED) is 0.372. The van der Waals surface area contributed by atoms with Crippen LogP contribution in [-0.2, 0) is 24.1 Å². The van der Waals surface area contributed by atoms with Crippen LogP contribution in [-0.4, -0.2) is 37.9 Å². The number of nitrogens with zero attached hydrogens (tertiary/aromatic N) is 2. The number of aromatic nitrogens is 1. The van der Waals surface area contributed by atoms with Gasteiger partial charge in [-0.1, -0.05) is 32.3 Å². The molecule has 6 heteroatoms. The summed E-state index contributed by atoms with van der Waals surface area (Å²) in [6.45, 7) is 9.51. The molecule has 0 aliphatic heterocycles. The minimum Gasteiger partial charge on any atom is -0.381 e. The highest BCUT2D eigenvalue weighted by atomic mass is 16.5. The number of unbranched alkanes of at least 4 members (excludes halogenated alkanes) is 1. The minimum absolute atomic E-state index is 0.683. The molecule has 0 fully saturated rings. The molecule has 0 atom stereocenters.